The van der Waals surface area contributed by atoms with Gasteiger partial charge in [-0.3, -0.25) is 4.79 Å². The van der Waals surface area contributed by atoms with E-state index in [2.05, 4.69) is 0 Å². The first-order valence-corrected chi connectivity index (χ1v) is 5.85. The normalized spacial score (nSPS) is 11.4. The van der Waals surface area contributed by atoms with Crippen molar-refractivity contribution in [2.24, 2.45) is 0 Å². The van der Waals surface area contributed by atoms with Crippen molar-refractivity contribution < 1.29 is 19.0 Å². The maximum absolute atomic E-state index is 14.1. The highest BCUT2D eigenvalue weighted by molar-refractivity contribution is 5.67. The molecule has 0 aliphatic heterocycles. The number of aliphatic carboxylic acids is 1. The van der Waals surface area contributed by atoms with Gasteiger partial charge in [-0.2, -0.15) is 0 Å². The minimum Gasteiger partial charge on any atom is -0.496 e. The topological polar surface area (TPSA) is 46.5 Å². The second-order valence-electron chi connectivity index (χ2n) is 4.81. The van der Waals surface area contributed by atoms with E-state index in [4.69, 9.17) is 9.84 Å². The predicted molar refractivity (Wildman–Crippen MR) is 67.8 cm³/mol. The Labute approximate surface area is 107 Å². The largest absolute Gasteiger partial charge is 0.496 e. The monoisotopic (exact) mass is 254 g/mol. The summed E-state index contributed by atoms with van der Waals surface area (Å²) in [6, 6.07) is 3.49. The van der Waals surface area contributed by atoms with Crippen LogP contribution < -0.4 is 4.74 Å². The summed E-state index contributed by atoms with van der Waals surface area (Å²) in [5.41, 5.74) is 0.622. The third kappa shape index (κ3) is 3.22. The predicted octanol–water partition coefficient (Wildman–Crippen LogP) is 3.23. The molecule has 0 amide bonds. The summed E-state index contributed by atoms with van der Waals surface area (Å²) in [5, 5.41) is 8.74. The third-order valence-corrected chi connectivity index (χ3v) is 2.93. The molecule has 18 heavy (non-hydrogen) atoms. The van der Waals surface area contributed by atoms with Crippen LogP contribution in [0.3, 0.4) is 0 Å². The smallest absolute Gasteiger partial charge is 0.303 e. The molecular weight excluding hydrogens is 235 g/mol. The number of rotatable bonds is 5. The number of ether oxygens (including phenoxy) is 1. The molecule has 100 valence electrons. The summed E-state index contributed by atoms with van der Waals surface area (Å²) in [4.78, 5) is 10.7. The Morgan fingerprint density at radius 3 is 2.50 bits per heavy atom. The zero-order chi connectivity index (χ0) is 13.9. The van der Waals surface area contributed by atoms with Crippen LogP contribution in [0.25, 0.3) is 0 Å². The van der Waals surface area contributed by atoms with Crippen LogP contribution >= 0.6 is 0 Å². The van der Waals surface area contributed by atoms with Gasteiger partial charge in [0.25, 0.3) is 0 Å². The minimum absolute atomic E-state index is 0.00731. The van der Waals surface area contributed by atoms with Gasteiger partial charge < -0.3 is 9.84 Å². The van der Waals surface area contributed by atoms with Gasteiger partial charge in [-0.1, -0.05) is 12.1 Å². The molecule has 0 saturated heterocycles. The van der Waals surface area contributed by atoms with E-state index < -0.39 is 11.6 Å². The van der Waals surface area contributed by atoms with Crippen LogP contribution in [0, 0.1) is 6.92 Å². The molecule has 0 heterocycles. The molecule has 0 bridgehead atoms. The summed E-state index contributed by atoms with van der Waals surface area (Å²) in [5.74, 6) is -0.412. The molecule has 0 aliphatic rings. The lowest BCUT2D eigenvalue weighted by molar-refractivity contribution is -0.136. The molecule has 0 atom stereocenters. The van der Waals surface area contributed by atoms with Gasteiger partial charge in [0.15, 0.2) is 0 Å². The Balaban J connectivity index is 3.26. The molecule has 0 unspecified atom stereocenters. The number of hydrogen-bond donors (Lipinski definition) is 1. The highest BCUT2D eigenvalue weighted by Crippen LogP contribution is 2.37. The number of carboxylic acid groups (broad SMARTS) is 1. The van der Waals surface area contributed by atoms with Gasteiger partial charge in [0.05, 0.1) is 7.11 Å². The number of hydrogen-bond acceptors (Lipinski definition) is 2. The van der Waals surface area contributed by atoms with E-state index in [1.807, 2.05) is 6.92 Å². The second-order valence-corrected chi connectivity index (χ2v) is 4.81. The lowest BCUT2D eigenvalue weighted by atomic mass is 9.92. The Kier molecular flexibility index (Phi) is 4.33. The molecule has 0 aliphatic carbocycles. The van der Waals surface area contributed by atoms with Crippen LogP contribution in [0.1, 0.15) is 37.0 Å². The van der Waals surface area contributed by atoms with E-state index in [1.54, 1.807) is 12.1 Å². The molecule has 4 heteroatoms. The Morgan fingerprint density at radius 1 is 1.44 bits per heavy atom. The average molecular weight is 254 g/mol. The fourth-order valence-corrected chi connectivity index (χ4v) is 1.97. The SMILES string of the molecule is COc1c(C(C)(C)F)ccc(C)c1CCC(=O)O. The highest BCUT2D eigenvalue weighted by atomic mass is 19.1. The number of alkyl halides is 1. The molecule has 3 nitrogen and oxygen atoms in total. The highest BCUT2D eigenvalue weighted by Gasteiger charge is 2.25. The Hall–Kier alpha value is -1.58. The van der Waals surface area contributed by atoms with Crippen molar-refractivity contribution in [3.8, 4) is 5.75 Å². The third-order valence-electron chi connectivity index (χ3n) is 2.93. The lowest BCUT2D eigenvalue weighted by Gasteiger charge is -2.22. The molecule has 1 N–H and O–H groups in total. The molecule has 0 saturated carbocycles. The molecule has 1 aromatic carbocycles. The van der Waals surface area contributed by atoms with E-state index in [-0.39, 0.29) is 6.42 Å². The maximum atomic E-state index is 14.1. The summed E-state index contributed by atoms with van der Waals surface area (Å²) in [6.45, 7) is 4.79. The van der Waals surface area contributed by atoms with Crippen molar-refractivity contribution in [1.29, 1.82) is 0 Å². The summed E-state index contributed by atoms with van der Waals surface area (Å²) in [6.07, 6.45) is 0.349. The van der Waals surface area contributed by atoms with Crippen molar-refractivity contribution in [1.82, 2.24) is 0 Å². The molecule has 0 radical (unpaired) electrons. The van der Waals surface area contributed by atoms with E-state index >= 15 is 0 Å². The van der Waals surface area contributed by atoms with Gasteiger partial charge >= 0.3 is 5.97 Å². The van der Waals surface area contributed by atoms with Crippen molar-refractivity contribution in [2.75, 3.05) is 7.11 Å². The number of halogens is 1. The number of aryl methyl sites for hydroxylation is 1. The van der Waals surface area contributed by atoms with E-state index in [0.717, 1.165) is 11.1 Å². The molecular formula is C14H19FO3. The molecule has 0 aromatic heterocycles. The molecule has 0 spiro atoms. The average Bonchev–Trinajstić information content (AvgIpc) is 2.24. The Bertz CT molecular complexity index is 447. The minimum atomic E-state index is -1.52. The fraction of sp³-hybridized carbons (Fsp3) is 0.500. The van der Waals surface area contributed by atoms with E-state index in [9.17, 15) is 9.18 Å². The van der Waals surface area contributed by atoms with Crippen LogP contribution in [0.5, 0.6) is 5.75 Å². The summed E-state index contributed by atoms with van der Waals surface area (Å²) < 4.78 is 19.4. The first kappa shape index (κ1) is 14.5. The van der Waals surface area contributed by atoms with E-state index in [1.165, 1.54) is 21.0 Å². The molecule has 0 fully saturated rings. The lowest BCUT2D eigenvalue weighted by Crippen LogP contribution is -2.13. The van der Waals surface area contributed by atoms with Gasteiger partial charge in [-0.25, -0.2) is 4.39 Å². The zero-order valence-electron chi connectivity index (χ0n) is 11.2. The first-order valence-electron chi connectivity index (χ1n) is 5.85. The van der Waals surface area contributed by atoms with Crippen LogP contribution in [-0.4, -0.2) is 18.2 Å². The van der Waals surface area contributed by atoms with Gasteiger partial charge in [0, 0.05) is 12.0 Å². The quantitative estimate of drug-likeness (QED) is 0.877. The number of benzene rings is 1. The standard InChI is InChI=1S/C14H19FO3/c1-9-5-7-11(14(2,3)15)13(18-4)10(9)6-8-12(16)17/h5,7H,6,8H2,1-4H3,(H,16,17). The fourth-order valence-electron chi connectivity index (χ4n) is 1.97. The number of carboxylic acids is 1. The number of methoxy groups -OCH3 is 1. The van der Waals surface area contributed by atoms with Crippen molar-refractivity contribution in [3.63, 3.8) is 0 Å². The van der Waals surface area contributed by atoms with E-state index in [0.29, 0.717) is 17.7 Å². The van der Waals surface area contributed by atoms with Gasteiger partial charge in [0.1, 0.15) is 11.4 Å². The van der Waals surface area contributed by atoms with Crippen LogP contribution in [0.2, 0.25) is 0 Å². The zero-order valence-corrected chi connectivity index (χ0v) is 11.2. The van der Waals surface area contributed by atoms with Gasteiger partial charge in [0.2, 0.25) is 0 Å². The summed E-state index contributed by atoms with van der Waals surface area (Å²) >= 11 is 0. The molecule has 1 aromatic rings. The van der Waals surface area contributed by atoms with Crippen molar-refractivity contribution in [2.45, 2.75) is 39.3 Å². The number of carbonyl (C=O) groups is 1. The second kappa shape index (κ2) is 5.38. The van der Waals surface area contributed by atoms with Crippen LogP contribution in [-0.2, 0) is 16.9 Å². The van der Waals surface area contributed by atoms with Crippen LogP contribution in [0.4, 0.5) is 4.39 Å². The molecule has 1 rings (SSSR count). The van der Waals surface area contributed by atoms with Gasteiger partial charge in [-0.05, 0) is 38.3 Å². The van der Waals surface area contributed by atoms with Crippen LogP contribution in [0.15, 0.2) is 12.1 Å². The first-order chi connectivity index (χ1) is 8.27. The van der Waals surface area contributed by atoms with Crippen molar-refractivity contribution in [3.05, 3.63) is 28.8 Å². The Morgan fingerprint density at radius 2 is 2.06 bits per heavy atom. The summed E-state index contributed by atoms with van der Waals surface area (Å²) in [7, 11) is 1.48. The maximum Gasteiger partial charge on any atom is 0.303 e. The van der Waals surface area contributed by atoms with Crippen molar-refractivity contribution >= 4 is 5.97 Å². The van der Waals surface area contributed by atoms with Gasteiger partial charge in [-0.15, -0.1) is 0 Å².